The highest BCUT2D eigenvalue weighted by atomic mass is 35.5. The molecule has 0 bridgehead atoms. The molecule has 2 aromatic rings. The predicted octanol–water partition coefficient (Wildman–Crippen LogP) is 5.73. The van der Waals surface area contributed by atoms with Gasteiger partial charge in [-0.1, -0.05) is 36.2 Å². The molecular formula is C17H15Cl2NO. The summed E-state index contributed by atoms with van der Waals surface area (Å²) in [4.78, 5) is 16.1. The highest BCUT2D eigenvalue weighted by Gasteiger charge is 2.03. The van der Waals surface area contributed by atoms with Crippen LogP contribution in [0.3, 0.4) is 0 Å². The number of hydrogen-bond donors (Lipinski definition) is 0. The van der Waals surface area contributed by atoms with E-state index in [4.69, 9.17) is 23.2 Å². The third kappa shape index (κ3) is 4.42. The van der Waals surface area contributed by atoms with Crippen LogP contribution in [0.25, 0.3) is 0 Å². The molecule has 0 aliphatic rings. The number of aliphatic imine (C=N–C) groups is 1. The minimum Gasteiger partial charge on any atom is -0.294 e. The molecule has 0 radical (unpaired) electrons. The van der Waals surface area contributed by atoms with Gasteiger partial charge in [0.1, 0.15) is 0 Å². The second-order valence-electron chi connectivity index (χ2n) is 4.64. The van der Waals surface area contributed by atoms with Crippen LogP contribution in [-0.2, 0) is 0 Å². The zero-order valence-corrected chi connectivity index (χ0v) is 13.2. The van der Waals surface area contributed by atoms with Crippen molar-refractivity contribution in [3.63, 3.8) is 0 Å². The molecule has 0 saturated heterocycles. The van der Waals surface area contributed by atoms with Gasteiger partial charge in [-0.2, -0.15) is 0 Å². The van der Waals surface area contributed by atoms with Crippen molar-refractivity contribution in [3.05, 3.63) is 63.6 Å². The Bertz CT molecular complexity index is 663. The van der Waals surface area contributed by atoms with Gasteiger partial charge in [-0.3, -0.25) is 9.79 Å². The van der Waals surface area contributed by atoms with Crippen molar-refractivity contribution in [2.24, 2.45) is 4.99 Å². The highest BCUT2D eigenvalue weighted by molar-refractivity contribution is 6.36. The average molecular weight is 320 g/mol. The summed E-state index contributed by atoms with van der Waals surface area (Å²) in [5.74, 6) is 0.161. The van der Waals surface area contributed by atoms with Gasteiger partial charge < -0.3 is 0 Å². The lowest BCUT2D eigenvalue weighted by Gasteiger charge is -2.01. The fourth-order valence-electron chi connectivity index (χ4n) is 1.86. The van der Waals surface area contributed by atoms with Crippen molar-refractivity contribution < 1.29 is 4.79 Å². The average Bonchev–Trinajstić information content (AvgIpc) is 2.47. The number of hydrogen-bond acceptors (Lipinski definition) is 2. The van der Waals surface area contributed by atoms with Crippen LogP contribution in [0.15, 0.2) is 47.5 Å². The smallest absolute Gasteiger partial charge is 0.162 e. The number of rotatable bonds is 5. The van der Waals surface area contributed by atoms with E-state index in [0.717, 1.165) is 23.2 Å². The van der Waals surface area contributed by atoms with Gasteiger partial charge in [-0.05, 0) is 42.8 Å². The molecule has 0 amide bonds. The minimum atomic E-state index is 0.161. The van der Waals surface area contributed by atoms with E-state index < -0.39 is 0 Å². The first-order valence-electron chi connectivity index (χ1n) is 6.72. The summed E-state index contributed by atoms with van der Waals surface area (Å²) in [6, 6.07) is 12.5. The van der Waals surface area contributed by atoms with Crippen molar-refractivity contribution in [1.29, 1.82) is 0 Å². The molecule has 0 unspecified atom stereocenters. The second kappa shape index (κ2) is 7.39. The maximum atomic E-state index is 11.7. The Kier molecular flexibility index (Phi) is 5.54. The van der Waals surface area contributed by atoms with Crippen molar-refractivity contribution in [2.75, 3.05) is 0 Å². The topological polar surface area (TPSA) is 29.4 Å². The van der Waals surface area contributed by atoms with E-state index in [1.54, 1.807) is 30.5 Å². The summed E-state index contributed by atoms with van der Waals surface area (Å²) in [5.41, 5.74) is 2.29. The van der Waals surface area contributed by atoms with Crippen LogP contribution >= 0.6 is 23.2 Å². The van der Waals surface area contributed by atoms with Gasteiger partial charge in [0.25, 0.3) is 0 Å². The molecular weight excluding hydrogens is 305 g/mol. The lowest BCUT2D eigenvalue weighted by molar-refractivity contribution is 0.0982. The van der Waals surface area contributed by atoms with Crippen molar-refractivity contribution in [2.45, 2.75) is 19.8 Å². The van der Waals surface area contributed by atoms with Crippen molar-refractivity contribution in [3.8, 4) is 0 Å². The Morgan fingerprint density at radius 2 is 1.86 bits per heavy atom. The molecule has 108 valence electrons. The number of Topliss-reactive ketones (excluding diaryl/α,β-unsaturated/α-hetero) is 1. The molecule has 4 heteroatoms. The van der Waals surface area contributed by atoms with E-state index in [1.807, 2.05) is 25.1 Å². The quantitative estimate of drug-likeness (QED) is 0.511. The van der Waals surface area contributed by atoms with Gasteiger partial charge >= 0.3 is 0 Å². The van der Waals surface area contributed by atoms with Gasteiger partial charge in [0.2, 0.25) is 0 Å². The fourth-order valence-corrected chi connectivity index (χ4v) is 2.31. The molecule has 0 spiro atoms. The van der Waals surface area contributed by atoms with Gasteiger partial charge in [-0.15, -0.1) is 0 Å². The molecule has 0 N–H and O–H groups in total. The fraction of sp³-hybridized carbons (Fsp3) is 0.176. The number of halogens is 2. The molecule has 0 heterocycles. The van der Waals surface area contributed by atoms with E-state index in [0.29, 0.717) is 16.5 Å². The van der Waals surface area contributed by atoms with Gasteiger partial charge in [0.05, 0.1) is 10.7 Å². The number of benzene rings is 2. The third-order valence-corrected chi connectivity index (χ3v) is 3.54. The molecule has 0 aromatic heterocycles. The number of ketones is 1. The largest absolute Gasteiger partial charge is 0.294 e. The Balaban J connectivity index is 2.12. The molecule has 2 nitrogen and oxygen atoms in total. The van der Waals surface area contributed by atoms with Crippen LogP contribution in [-0.4, -0.2) is 12.0 Å². The first-order chi connectivity index (χ1) is 10.1. The van der Waals surface area contributed by atoms with Crippen LogP contribution in [0.2, 0.25) is 10.0 Å². The lowest BCUT2D eigenvalue weighted by Crippen LogP contribution is -1.96. The molecule has 0 fully saturated rings. The van der Waals surface area contributed by atoms with Crippen LogP contribution in [0, 0.1) is 0 Å². The maximum Gasteiger partial charge on any atom is 0.162 e. The monoisotopic (exact) mass is 319 g/mol. The summed E-state index contributed by atoms with van der Waals surface area (Å²) in [6.45, 7) is 1.99. The van der Waals surface area contributed by atoms with Crippen LogP contribution in [0.5, 0.6) is 0 Å². The van der Waals surface area contributed by atoms with Gasteiger partial charge in [-0.25, -0.2) is 0 Å². The normalized spacial score (nSPS) is 11.0. The third-order valence-electron chi connectivity index (χ3n) is 2.98. The number of carbonyl (C=O) groups excluding carboxylic acids is 1. The van der Waals surface area contributed by atoms with Crippen LogP contribution in [0.1, 0.15) is 35.7 Å². The second-order valence-corrected chi connectivity index (χ2v) is 5.49. The first kappa shape index (κ1) is 15.7. The number of carbonyl (C=O) groups is 1. The molecule has 0 aliphatic heterocycles. The van der Waals surface area contributed by atoms with E-state index >= 15 is 0 Å². The van der Waals surface area contributed by atoms with E-state index in [1.165, 1.54) is 0 Å². The zero-order valence-electron chi connectivity index (χ0n) is 11.6. The zero-order chi connectivity index (χ0) is 15.2. The summed E-state index contributed by atoms with van der Waals surface area (Å²) in [6.07, 6.45) is 3.11. The Labute approximate surface area is 134 Å². The standard InChI is InChI=1S/C17H15Cl2NO/c1-2-3-17(21)12-5-8-15(9-6-12)20-11-13-4-7-14(18)10-16(13)19/h4-11H,2-3H2,1H3. The summed E-state index contributed by atoms with van der Waals surface area (Å²) < 4.78 is 0. The minimum absolute atomic E-state index is 0.161. The summed E-state index contributed by atoms with van der Waals surface area (Å²) >= 11 is 11.9. The molecule has 2 rings (SSSR count). The Morgan fingerprint density at radius 1 is 1.14 bits per heavy atom. The SMILES string of the molecule is CCCC(=O)c1ccc(N=Cc2ccc(Cl)cc2Cl)cc1. The van der Waals surface area contributed by atoms with Gasteiger partial charge in [0.15, 0.2) is 5.78 Å². The lowest BCUT2D eigenvalue weighted by atomic mass is 10.1. The van der Waals surface area contributed by atoms with Crippen molar-refractivity contribution in [1.82, 2.24) is 0 Å². The first-order valence-corrected chi connectivity index (χ1v) is 7.48. The van der Waals surface area contributed by atoms with E-state index in [9.17, 15) is 4.79 Å². The Morgan fingerprint density at radius 3 is 2.48 bits per heavy atom. The highest BCUT2D eigenvalue weighted by Crippen LogP contribution is 2.21. The maximum absolute atomic E-state index is 11.7. The molecule has 21 heavy (non-hydrogen) atoms. The summed E-state index contributed by atoms with van der Waals surface area (Å²) in [7, 11) is 0. The molecule has 2 aromatic carbocycles. The van der Waals surface area contributed by atoms with E-state index in [-0.39, 0.29) is 5.78 Å². The van der Waals surface area contributed by atoms with E-state index in [2.05, 4.69) is 4.99 Å². The summed E-state index contributed by atoms with van der Waals surface area (Å²) in [5, 5.41) is 1.15. The number of nitrogens with zero attached hydrogens (tertiary/aromatic N) is 1. The molecule has 0 aliphatic carbocycles. The molecule has 0 saturated carbocycles. The molecule has 0 atom stereocenters. The van der Waals surface area contributed by atoms with Crippen LogP contribution in [0.4, 0.5) is 5.69 Å². The van der Waals surface area contributed by atoms with Gasteiger partial charge in [0, 0.05) is 28.8 Å². The predicted molar refractivity (Wildman–Crippen MR) is 89.4 cm³/mol. The Hall–Kier alpha value is -1.64. The van der Waals surface area contributed by atoms with Crippen LogP contribution < -0.4 is 0 Å². The van der Waals surface area contributed by atoms with Crippen molar-refractivity contribution >= 4 is 40.9 Å².